The fraction of sp³-hybridized carbons (Fsp3) is 0.450. The van der Waals surface area contributed by atoms with Gasteiger partial charge >= 0.3 is 5.97 Å². The first-order valence-electron chi connectivity index (χ1n) is 8.31. The molecule has 0 bridgehead atoms. The van der Waals surface area contributed by atoms with Crippen LogP contribution in [0.25, 0.3) is 0 Å². The zero-order chi connectivity index (χ0) is 17.0. The van der Waals surface area contributed by atoms with Gasteiger partial charge in [0, 0.05) is 0 Å². The van der Waals surface area contributed by atoms with Crippen molar-refractivity contribution in [1.82, 2.24) is 0 Å². The van der Waals surface area contributed by atoms with Crippen molar-refractivity contribution in [3.63, 3.8) is 0 Å². The third-order valence-corrected chi connectivity index (χ3v) is 3.79. The van der Waals surface area contributed by atoms with Gasteiger partial charge in [-0.3, -0.25) is 4.79 Å². The van der Waals surface area contributed by atoms with Gasteiger partial charge in [0.1, 0.15) is 0 Å². The van der Waals surface area contributed by atoms with Gasteiger partial charge in [0.05, 0.1) is 5.75 Å². The van der Waals surface area contributed by atoms with Crippen molar-refractivity contribution in [3.05, 3.63) is 60.8 Å². The highest BCUT2D eigenvalue weighted by Gasteiger charge is 1.94. The molecule has 0 aromatic carbocycles. The molecule has 128 valence electrons. The number of carbonyl (C=O) groups is 1. The second-order valence-corrected chi connectivity index (χ2v) is 6.05. The van der Waals surface area contributed by atoms with Crippen LogP contribution in [-0.2, 0) is 4.79 Å². The predicted molar refractivity (Wildman–Crippen MR) is 104 cm³/mol. The molecule has 0 saturated heterocycles. The number of allylic oxidation sites excluding steroid dienone is 10. The second kappa shape index (κ2) is 18.6. The highest BCUT2D eigenvalue weighted by atomic mass is 32.2. The van der Waals surface area contributed by atoms with E-state index in [9.17, 15) is 4.79 Å². The highest BCUT2D eigenvalue weighted by molar-refractivity contribution is 7.99. The molecule has 0 aliphatic carbocycles. The van der Waals surface area contributed by atoms with E-state index in [-0.39, 0.29) is 5.75 Å². The van der Waals surface area contributed by atoms with Gasteiger partial charge < -0.3 is 5.11 Å². The van der Waals surface area contributed by atoms with Crippen LogP contribution in [0.4, 0.5) is 0 Å². The number of carboxylic acid groups (broad SMARTS) is 1. The Morgan fingerprint density at radius 1 is 0.783 bits per heavy atom. The molecule has 0 radical (unpaired) electrons. The average molecular weight is 335 g/mol. The fourth-order valence-electron chi connectivity index (χ4n) is 1.68. The van der Waals surface area contributed by atoms with Crippen LogP contribution in [0, 0.1) is 0 Å². The lowest BCUT2D eigenvalue weighted by Crippen LogP contribution is -1.98. The van der Waals surface area contributed by atoms with E-state index in [1.807, 2.05) is 0 Å². The normalized spacial score (nSPS) is 12.7. The lowest BCUT2D eigenvalue weighted by Gasteiger charge is -1.92. The molecular weight excluding hydrogens is 304 g/mol. The standard InChI is InChI=1S/C20H30O2S/c1-2-3-4-5-6-7-8-9-10-11-12-13-14-15-16-17-18-23-19-20(21)22/h3-4,6-7,9-10,12-13,15-16H,2,5,8,11,14,17-19H2,1H3,(H,21,22)/b4-3-,7-6-,10-9-,13-12-,16-15-. The number of hydrogen-bond donors (Lipinski definition) is 1. The van der Waals surface area contributed by atoms with Gasteiger partial charge in [0.2, 0.25) is 0 Å². The summed E-state index contributed by atoms with van der Waals surface area (Å²) in [6.07, 6.45) is 27.8. The minimum atomic E-state index is -0.737. The molecule has 0 aliphatic rings. The van der Waals surface area contributed by atoms with Crippen LogP contribution in [0.5, 0.6) is 0 Å². The summed E-state index contributed by atoms with van der Waals surface area (Å²) in [5.41, 5.74) is 0. The van der Waals surface area contributed by atoms with Crippen molar-refractivity contribution >= 4 is 17.7 Å². The van der Waals surface area contributed by atoms with Crippen molar-refractivity contribution in [2.45, 2.75) is 45.4 Å². The quantitative estimate of drug-likeness (QED) is 0.315. The van der Waals surface area contributed by atoms with Crippen LogP contribution in [0.2, 0.25) is 0 Å². The smallest absolute Gasteiger partial charge is 0.313 e. The van der Waals surface area contributed by atoms with Crippen molar-refractivity contribution in [3.8, 4) is 0 Å². The zero-order valence-electron chi connectivity index (χ0n) is 14.2. The van der Waals surface area contributed by atoms with Crippen molar-refractivity contribution < 1.29 is 9.90 Å². The van der Waals surface area contributed by atoms with E-state index in [1.165, 1.54) is 11.8 Å². The maximum atomic E-state index is 10.3. The number of carboxylic acids is 1. The Bertz CT molecular complexity index is 417. The third-order valence-electron chi connectivity index (χ3n) is 2.81. The SMILES string of the molecule is CC/C=C\C/C=C\C/C=C\C/C=C\C/C=C\CCSCC(=O)O. The number of rotatable bonds is 14. The summed E-state index contributed by atoms with van der Waals surface area (Å²) in [6.45, 7) is 2.15. The molecule has 0 aliphatic heterocycles. The summed E-state index contributed by atoms with van der Waals surface area (Å²) in [5, 5.41) is 8.49. The van der Waals surface area contributed by atoms with Gasteiger partial charge in [-0.2, -0.15) is 0 Å². The summed E-state index contributed by atoms with van der Waals surface area (Å²) in [4.78, 5) is 10.3. The molecule has 0 amide bonds. The number of hydrogen-bond acceptors (Lipinski definition) is 2. The summed E-state index contributed by atoms with van der Waals surface area (Å²) in [6, 6.07) is 0. The Kier molecular flexibility index (Phi) is 17.4. The summed E-state index contributed by atoms with van der Waals surface area (Å²) >= 11 is 1.46. The predicted octanol–water partition coefficient (Wildman–Crippen LogP) is 5.95. The van der Waals surface area contributed by atoms with Gasteiger partial charge in [0.25, 0.3) is 0 Å². The first-order chi connectivity index (χ1) is 11.3. The van der Waals surface area contributed by atoms with Crippen LogP contribution in [0.3, 0.4) is 0 Å². The molecule has 23 heavy (non-hydrogen) atoms. The summed E-state index contributed by atoms with van der Waals surface area (Å²) in [7, 11) is 0. The average Bonchev–Trinajstić information content (AvgIpc) is 2.53. The molecule has 0 atom stereocenters. The van der Waals surface area contributed by atoms with Crippen molar-refractivity contribution in [2.75, 3.05) is 11.5 Å². The Morgan fingerprint density at radius 2 is 1.22 bits per heavy atom. The molecule has 0 spiro atoms. The van der Waals surface area contributed by atoms with E-state index in [2.05, 4.69) is 67.7 Å². The Balaban J connectivity index is 3.44. The fourth-order valence-corrected chi connectivity index (χ4v) is 2.30. The van der Waals surface area contributed by atoms with E-state index < -0.39 is 5.97 Å². The monoisotopic (exact) mass is 334 g/mol. The van der Waals surface area contributed by atoms with Crippen molar-refractivity contribution in [2.24, 2.45) is 0 Å². The molecule has 0 heterocycles. The zero-order valence-corrected chi connectivity index (χ0v) is 15.0. The van der Waals surface area contributed by atoms with Crippen LogP contribution in [-0.4, -0.2) is 22.6 Å². The van der Waals surface area contributed by atoms with E-state index in [0.717, 1.165) is 44.3 Å². The molecule has 3 heteroatoms. The second-order valence-electron chi connectivity index (χ2n) is 4.94. The van der Waals surface area contributed by atoms with E-state index in [1.54, 1.807) is 0 Å². The van der Waals surface area contributed by atoms with E-state index in [0.29, 0.717) is 0 Å². The van der Waals surface area contributed by atoms with Crippen LogP contribution < -0.4 is 0 Å². The minimum Gasteiger partial charge on any atom is -0.481 e. The molecule has 0 aromatic rings. The molecule has 1 N–H and O–H groups in total. The summed E-state index contributed by atoms with van der Waals surface area (Å²) in [5.74, 6) is 0.334. The summed E-state index contributed by atoms with van der Waals surface area (Å²) < 4.78 is 0. The van der Waals surface area contributed by atoms with Crippen LogP contribution in [0.15, 0.2) is 60.8 Å². The Labute approximate surface area is 145 Å². The molecular formula is C20H30O2S. The molecule has 0 unspecified atom stereocenters. The van der Waals surface area contributed by atoms with E-state index in [4.69, 9.17) is 5.11 Å². The third kappa shape index (κ3) is 20.5. The number of aliphatic carboxylic acids is 1. The maximum Gasteiger partial charge on any atom is 0.313 e. The minimum absolute atomic E-state index is 0.199. The van der Waals surface area contributed by atoms with Gasteiger partial charge in [-0.05, 0) is 44.3 Å². The van der Waals surface area contributed by atoms with Crippen molar-refractivity contribution in [1.29, 1.82) is 0 Å². The Morgan fingerprint density at radius 3 is 1.65 bits per heavy atom. The largest absolute Gasteiger partial charge is 0.481 e. The molecule has 0 fully saturated rings. The highest BCUT2D eigenvalue weighted by Crippen LogP contribution is 2.03. The van der Waals surface area contributed by atoms with Gasteiger partial charge in [-0.15, -0.1) is 11.8 Å². The first kappa shape index (κ1) is 21.5. The Hall–Kier alpha value is -1.48. The molecule has 0 saturated carbocycles. The van der Waals surface area contributed by atoms with Gasteiger partial charge in [-0.25, -0.2) is 0 Å². The topological polar surface area (TPSA) is 37.3 Å². The maximum absolute atomic E-state index is 10.3. The molecule has 0 aromatic heterocycles. The molecule has 0 rings (SSSR count). The lowest BCUT2D eigenvalue weighted by molar-refractivity contribution is -0.133. The van der Waals surface area contributed by atoms with Crippen LogP contribution >= 0.6 is 11.8 Å². The van der Waals surface area contributed by atoms with Crippen LogP contribution in [0.1, 0.15) is 45.4 Å². The van der Waals surface area contributed by atoms with Gasteiger partial charge in [0.15, 0.2) is 0 Å². The van der Waals surface area contributed by atoms with E-state index >= 15 is 0 Å². The van der Waals surface area contributed by atoms with Gasteiger partial charge in [-0.1, -0.05) is 67.7 Å². The first-order valence-corrected chi connectivity index (χ1v) is 9.47. The number of thioether (sulfide) groups is 1. The lowest BCUT2D eigenvalue weighted by atomic mass is 10.2. The molecule has 2 nitrogen and oxygen atoms in total.